The van der Waals surface area contributed by atoms with E-state index in [1.165, 1.54) is 7.11 Å². The molecule has 6 nitrogen and oxygen atoms in total. The van der Waals surface area contributed by atoms with Crippen LogP contribution in [0.5, 0.6) is 0 Å². The minimum absolute atomic E-state index is 0.109. The molecule has 144 valence electrons. The summed E-state index contributed by atoms with van der Waals surface area (Å²) in [4.78, 5) is 24.6. The Morgan fingerprint density at radius 3 is 2.42 bits per heavy atom. The van der Waals surface area contributed by atoms with Gasteiger partial charge >= 0.3 is 11.9 Å². The molecule has 1 fully saturated rings. The zero-order valence-electron chi connectivity index (χ0n) is 16.0. The second kappa shape index (κ2) is 8.64. The molecule has 6 heteroatoms. The predicted octanol–water partition coefficient (Wildman–Crippen LogP) is 2.75. The van der Waals surface area contributed by atoms with Gasteiger partial charge in [0.2, 0.25) is 0 Å². The van der Waals surface area contributed by atoms with Crippen LogP contribution in [0.25, 0.3) is 0 Å². The molecule has 1 aliphatic carbocycles. The predicted molar refractivity (Wildman–Crippen MR) is 97.8 cm³/mol. The van der Waals surface area contributed by atoms with Gasteiger partial charge in [-0.05, 0) is 64.2 Å². The first-order valence-electron chi connectivity index (χ1n) is 9.05. The van der Waals surface area contributed by atoms with Crippen molar-refractivity contribution in [1.29, 1.82) is 0 Å². The van der Waals surface area contributed by atoms with Gasteiger partial charge in [-0.1, -0.05) is 12.1 Å². The minimum Gasteiger partial charge on any atom is -0.465 e. The number of aliphatic hydroxyl groups is 1. The maximum atomic E-state index is 12.8. The Labute approximate surface area is 154 Å². The average molecular weight is 363 g/mol. The number of benzene rings is 1. The van der Waals surface area contributed by atoms with E-state index >= 15 is 0 Å². The number of carbonyl (C=O) groups excluding carboxylic acids is 2. The lowest BCUT2D eigenvalue weighted by Crippen LogP contribution is -2.42. The molecule has 1 aromatic rings. The van der Waals surface area contributed by atoms with Crippen molar-refractivity contribution >= 4 is 11.9 Å². The molecule has 1 aliphatic rings. The van der Waals surface area contributed by atoms with Crippen molar-refractivity contribution in [3.05, 3.63) is 35.4 Å². The van der Waals surface area contributed by atoms with E-state index in [2.05, 4.69) is 5.32 Å². The molecule has 2 N–H and O–H groups in total. The molecular formula is C20H29NO5. The van der Waals surface area contributed by atoms with Crippen LogP contribution in [0.4, 0.5) is 0 Å². The lowest BCUT2D eigenvalue weighted by Gasteiger charge is -2.31. The van der Waals surface area contributed by atoms with Gasteiger partial charge in [-0.3, -0.25) is 5.32 Å². The number of rotatable bonds is 5. The standard InChI is InChI=1S/C20H29NO5/c1-20(2,3)26-19(24)17(21-15-8-10-16(22)11-9-15)13-6-5-7-14(12-13)18(23)25-4/h5-7,12,15-17,21-22H,8-11H2,1-4H3. The summed E-state index contributed by atoms with van der Waals surface area (Å²) in [6.07, 6.45) is 2.73. The molecule has 0 aliphatic heterocycles. The summed E-state index contributed by atoms with van der Waals surface area (Å²) in [5.41, 5.74) is 0.437. The van der Waals surface area contributed by atoms with Gasteiger partial charge in [0.1, 0.15) is 11.6 Å². The number of carbonyl (C=O) groups is 2. The largest absolute Gasteiger partial charge is 0.465 e. The summed E-state index contributed by atoms with van der Waals surface area (Å²) in [5, 5.41) is 13.1. The molecule has 0 radical (unpaired) electrons. The number of esters is 2. The van der Waals surface area contributed by atoms with Crippen LogP contribution in [0.2, 0.25) is 0 Å². The Hall–Kier alpha value is -1.92. The highest BCUT2D eigenvalue weighted by Gasteiger charge is 2.30. The first-order chi connectivity index (χ1) is 12.2. The van der Waals surface area contributed by atoms with E-state index in [0.717, 1.165) is 12.8 Å². The Kier molecular flexibility index (Phi) is 6.78. The third-order valence-corrected chi connectivity index (χ3v) is 4.38. The number of nitrogens with one attached hydrogen (secondary N) is 1. The monoisotopic (exact) mass is 363 g/mol. The van der Waals surface area contributed by atoms with Crippen molar-refractivity contribution in [3.63, 3.8) is 0 Å². The molecule has 0 bridgehead atoms. The first-order valence-corrected chi connectivity index (χ1v) is 9.05. The molecule has 0 heterocycles. The van der Waals surface area contributed by atoms with E-state index in [9.17, 15) is 14.7 Å². The summed E-state index contributed by atoms with van der Waals surface area (Å²) in [6, 6.07) is 6.26. The molecule has 1 unspecified atom stereocenters. The van der Waals surface area contributed by atoms with Crippen LogP contribution in [0, 0.1) is 0 Å². The highest BCUT2D eigenvalue weighted by Crippen LogP contribution is 2.25. The lowest BCUT2D eigenvalue weighted by molar-refractivity contribution is -0.158. The summed E-state index contributed by atoms with van der Waals surface area (Å²) in [7, 11) is 1.33. The molecule has 1 aromatic carbocycles. The lowest BCUT2D eigenvalue weighted by atomic mass is 9.91. The van der Waals surface area contributed by atoms with E-state index in [1.807, 2.05) is 20.8 Å². The molecule has 0 saturated heterocycles. The smallest absolute Gasteiger partial charge is 0.337 e. The third-order valence-electron chi connectivity index (χ3n) is 4.38. The van der Waals surface area contributed by atoms with Gasteiger partial charge in [-0.25, -0.2) is 9.59 Å². The van der Waals surface area contributed by atoms with Gasteiger partial charge in [-0.2, -0.15) is 0 Å². The SMILES string of the molecule is COC(=O)c1cccc(C(NC2CCC(O)CC2)C(=O)OC(C)(C)C)c1. The molecule has 0 spiro atoms. The van der Waals surface area contributed by atoms with Gasteiger partial charge in [0.25, 0.3) is 0 Å². The molecule has 0 aromatic heterocycles. The summed E-state index contributed by atoms with van der Waals surface area (Å²) >= 11 is 0. The van der Waals surface area contributed by atoms with Crippen LogP contribution in [0.15, 0.2) is 24.3 Å². The third kappa shape index (κ3) is 5.81. The van der Waals surface area contributed by atoms with Crippen molar-refractivity contribution in [2.75, 3.05) is 7.11 Å². The molecular weight excluding hydrogens is 334 g/mol. The highest BCUT2D eigenvalue weighted by atomic mass is 16.6. The van der Waals surface area contributed by atoms with Crippen LogP contribution < -0.4 is 5.32 Å². The maximum absolute atomic E-state index is 12.8. The molecule has 1 atom stereocenters. The van der Waals surface area contributed by atoms with Gasteiger partial charge in [0.15, 0.2) is 0 Å². The zero-order chi connectivity index (χ0) is 19.3. The van der Waals surface area contributed by atoms with Crippen LogP contribution >= 0.6 is 0 Å². The fourth-order valence-electron chi connectivity index (χ4n) is 3.10. The summed E-state index contributed by atoms with van der Waals surface area (Å²) in [6.45, 7) is 5.47. The van der Waals surface area contributed by atoms with Crippen molar-refractivity contribution in [2.24, 2.45) is 0 Å². The Morgan fingerprint density at radius 1 is 1.19 bits per heavy atom. The number of hydrogen-bond donors (Lipinski definition) is 2. The van der Waals surface area contributed by atoms with E-state index in [0.29, 0.717) is 24.0 Å². The normalized spacial score (nSPS) is 21.7. The van der Waals surface area contributed by atoms with Gasteiger partial charge < -0.3 is 14.6 Å². The Bertz CT molecular complexity index is 629. The second-order valence-corrected chi connectivity index (χ2v) is 7.76. The Morgan fingerprint density at radius 2 is 1.85 bits per heavy atom. The van der Waals surface area contributed by atoms with Crippen molar-refractivity contribution in [3.8, 4) is 0 Å². The quantitative estimate of drug-likeness (QED) is 0.783. The average Bonchev–Trinajstić information content (AvgIpc) is 2.59. The van der Waals surface area contributed by atoms with E-state index in [4.69, 9.17) is 9.47 Å². The first kappa shape index (κ1) is 20.4. The fraction of sp³-hybridized carbons (Fsp3) is 0.600. The van der Waals surface area contributed by atoms with Gasteiger partial charge in [0.05, 0.1) is 18.8 Å². The van der Waals surface area contributed by atoms with Crippen LogP contribution in [0.3, 0.4) is 0 Å². The fourth-order valence-corrected chi connectivity index (χ4v) is 3.10. The maximum Gasteiger partial charge on any atom is 0.337 e. The van der Waals surface area contributed by atoms with Gasteiger partial charge in [0, 0.05) is 6.04 Å². The van der Waals surface area contributed by atoms with Gasteiger partial charge in [-0.15, -0.1) is 0 Å². The van der Waals surface area contributed by atoms with Crippen LogP contribution in [-0.2, 0) is 14.3 Å². The summed E-state index contributed by atoms with van der Waals surface area (Å²) in [5.74, 6) is -0.832. The Balaban J connectivity index is 2.25. The second-order valence-electron chi connectivity index (χ2n) is 7.76. The van der Waals surface area contributed by atoms with Crippen molar-refractivity contribution in [2.45, 2.75) is 70.2 Å². The van der Waals surface area contributed by atoms with Crippen molar-refractivity contribution < 1.29 is 24.2 Å². The molecule has 2 rings (SSSR count). The van der Waals surface area contributed by atoms with E-state index in [1.54, 1.807) is 24.3 Å². The van der Waals surface area contributed by atoms with E-state index < -0.39 is 17.6 Å². The summed E-state index contributed by atoms with van der Waals surface area (Å²) < 4.78 is 10.3. The number of ether oxygens (including phenoxy) is 2. The number of aliphatic hydroxyl groups excluding tert-OH is 1. The molecule has 1 saturated carbocycles. The van der Waals surface area contributed by atoms with Crippen molar-refractivity contribution in [1.82, 2.24) is 5.32 Å². The van der Waals surface area contributed by atoms with Crippen LogP contribution in [0.1, 0.15) is 68.4 Å². The van der Waals surface area contributed by atoms with E-state index in [-0.39, 0.29) is 18.1 Å². The zero-order valence-corrected chi connectivity index (χ0v) is 16.0. The molecule has 0 amide bonds. The minimum atomic E-state index is -0.681. The highest BCUT2D eigenvalue weighted by molar-refractivity contribution is 5.90. The van der Waals surface area contributed by atoms with Crippen LogP contribution in [-0.4, -0.2) is 41.9 Å². The molecule has 26 heavy (non-hydrogen) atoms. The number of hydrogen-bond acceptors (Lipinski definition) is 6. The topological polar surface area (TPSA) is 84.9 Å². The number of methoxy groups -OCH3 is 1.